The lowest BCUT2D eigenvalue weighted by molar-refractivity contribution is 0.432. The second-order valence-electron chi connectivity index (χ2n) is 3.76. The van der Waals surface area contributed by atoms with E-state index < -0.39 is 5.82 Å². The Bertz CT molecular complexity index is 575. The quantitative estimate of drug-likeness (QED) is 0.873. The molecule has 0 aliphatic rings. The topological polar surface area (TPSA) is 32.3 Å². The minimum Gasteiger partial charge on any atom is -0.505 e. The van der Waals surface area contributed by atoms with Crippen molar-refractivity contribution in [2.75, 3.05) is 5.32 Å². The zero-order chi connectivity index (χ0) is 13.1. The molecule has 0 atom stereocenters. The van der Waals surface area contributed by atoms with Gasteiger partial charge in [-0.2, -0.15) is 0 Å². The Hall–Kier alpha value is -1.45. The van der Waals surface area contributed by atoms with Crippen LogP contribution in [0.3, 0.4) is 0 Å². The molecule has 5 heteroatoms. The van der Waals surface area contributed by atoms with Gasteiger partial charge in [0.2, 0.25) is 0 Å². The molecule has 0 bridgehead atoms. The smallest absolute Gasteiger partial charge is 0.165 e. The van der Waals surface area contributed by atoms with Crippen molar-refractivity contribution in [3.05, 3.63) is 57.8 Å². The van der Waals surface area contributed by atoms with Crippen LogP contribution in [0.1, 0.15) is 5.56 Å². The fourth-order valence-electron chi connectivity index (χ4n) is 1.49. The van der Waals surface area contributed by atoms with Crippen LogP contribution in [0.4, 0.5) is 10.1 Å². The van der Waals surface area contributed by atoms with Crippen LogP contribution in [-0.4, -0.2) is 5.11 Å². The molecule has 0 spiro atoms. The summed E-state index contributed by atoms with van der Waals surface area (Å²) < 4.78 is 13.1. The largest absolute Gasteiger partial charge is 0.505 e. The Kier molecular flexibility index (Phi) is 3.94. The maximum absolute atomic E-state index is 13.1. The van der Waals surface area contributed by atoms with Gasteiger partial charge in [0.25, 0.3) is 0 Å². The lowest BCUT2D eigenvalue weighted by Crippen LogP contribution is -2.00. The highest BCUT2D eigenvalue weighted by Gasteiger charge is 2.03. The normalized spacial score (nSPS) is 10.4. The van der Waals surface area contributed by atoms with E-state index in [9.17, 15) is 4.39 Å². The number of halogens is 3. The Morgan fingerprint density at radius 3 is 2.56 bits per heavy atom. The Morgan fingerprint density at radius 1 is 1.11 bits per heavy atom. The number of nitrogens with one attached hydrogen (secondary N) is 1. The molecule has 2 rings (SSSR count). The highest BCUT2D eigenvalue weighted by molar-refractivity contribution is 6.36. The molecule has 2 N–H and O–H groups in total. The number of hydrogen-bond acceptors (Lipinski definition) is 2. The van der Waals surface area contributed by atoms with Crippen molar-refractivity contribution in [2.45, 2.75) is 6.54 Å². The number of benzene rings is 2. The number of hydrogen-bond donors (Lipinski definition) is 2. The predicted octanol–water partition coefficient (Wildman–Crippen LogP) is 4.45. The third-order valence-corrected chi connectivity index (χ3v) is 2.97. The van der Waals surface area contributed by atoms with E-state index >= 15 is 0 Å². The number of phenolic OH excluding ortho intramolecular Hbond substituents is 1. The van der Waals surface area contributed by atoms with E-state index in [2.05, 4.69) is 5.32 Å². The maximum Gasteiger partial charge on any atom is 0.165 e. The Labute approximate surface area is 114 Å². The summed E-state index contributed by atoms with van der Waals surface area (Å²) in [5.41, 5.74) is 1.42. The second kappa shape index (κ2) is 5.46. The highest BCUT2D eigenvalue weighted by Crippen LogP contribution is 2.26. The molecule has 2 nitrogen and oxygen atoms in total. The minimum absolute atomic E-state index is 0.358. The van der Waals surface area contributed by atoms with Crippen LogP contribution in [0.15, 0.2) is 36.4 Å². The lowest BCUT2D eigenvalue weighted by Gasteiger charge is -2.09. The molecular weight excluding hydrogens is 276 g/mol. The molecule has 94 valence electrons. The van der Waals surface area contributed by atoms with Crippen LogP contribution in [0.2, 0.25) is 10.0 Å². The summed E-state index contributed by atoms with van der Waals surface area (Å²) in [4.78, 5) is 0. The fraction of sp³-hybridized carbons (Fsp3) is 0.0769. The first kappa shape index (κ1) is 13.0. The molecule has 0 saturated carbocycles. The molecule has 0 aromatic heterocycles. The average molecular weight is 286 g/mol. The third kappa shape index (κ3) is 3.06. The van der Waals surface area contributed by atoms with Gasteiger partial charge < -0.3 is 10.4 Å². The van der Waals surface area contributed by atoms with Gasteiger partial charge in [-0.3, -0.25) is 0 Å². The summed E-state index contributed by atoms with van der Waals surface area (Å²) in [6.07, 6.45) is 0. The van der Waals surface area contributed by atoms with E-state index in [1.54, 1.807) is 24.3 Å². The summed E-state index contributed by atoms with van der Waals surface area (Å²) in [7, 11) is 0. The van der Waals surface area contributed by atoms with Crippen molar-refractivity contribution in [2.24, 2.45) is 0 Å². The maximum atomic E-state index is 13.1. The van der Waals surface area contributed by atoms with E-state index in [1.807, 2.05) is 0 Å². The van der Waals surface area contributed by atoms with Crippen molar-refractivity contribution in [3.63, 3.8) is 0 Å². The summed E-state index contributed by atoms with van der Waals surface area (Å²) in [5, 5.41) is 13.2. The van der Waals surface area contributed by atoms with Gasteiger partial charge in [-0.1, -0.05) is 29.3 Å². The zero-order valence-electron chi connectivity index (χ0n) is 9.25. The molecule has 0 heterocycles. The van der Waals surface area contributed by atoms with Crippen LogP contribution in [0, 0.1) is 5.82 Å². The van der Waals surface area contributed by atoms with E-state index in [1.165, 1.54) is 12.1 Å². The standard InChI is InChI=1S/C13H10Cl2FNO/c14-9-2-3-12(10(15)6-9)17-7-8-1-4-13(18)11(16)5-8/h1-6,17-18H,7H2. The van der Waals surface area contributed by atoms with Crippen LogP contribution >= 0.6 is 23.2 Å². The third-order valence-electron chi connectivity index (χ3n) is 2.43. The second-order valence-corrected chi connectivity index (χ2v) is 4.61. The molecule has 0 aliphatic carbocycles. The molecule has 0 saturated heterocycles. The monoisotopic (exact) mass is 285 g/mol. The number of aromatic hydroxyl groups is 1. The van der Waals surface area contributed by atoms with Crippen molar-refractivity contribution in [1.82, 2.24) is 0 Å². The summed E-state index contributed by atoms with van der Waals surface area (Å²) in [5.74, 6) is -1.00. The molecule has 18 heavy (non-hydrogen) atoms. The molecule has 0 amide bonds. The van der Waals surface area contributed by atoms with E-state index in [0.29, 0.717) is 22.2 Å². The molecule has 0 fully saturated rings. The van der Waals surface area contributed by atoms with E-state index in [4.69, 9.17) is 28.3 Å². The van der Waals surface area contributed by atoms with Gasteiger partial charge in [0, 0.05) is 11.6 Å². The molecule has 0 aliphatic heterocycles. The van der Waals surface area contributed by atoms with Gasteiger partial charge in [0.1, 0.15) is 0 Å². The van der Waals surface area contributed by atoms with Crippen LogP contribution in [0.25, 0.3) is 0 Å². The van der Waals surface area contributed by atoms with Crippen LogP contribution in [-0.2, 0) is 6.54 Å². The molecule has 2 aromatic carbocycles. The number of phenols is 1. The van der Waals surface area contributed by atoms with E-state index in [-0.39, 0.29) is 5.75 Å². The van der Waals surface area contributed by atoms with Crippen molar-refractivity contribution < 1.29 is 9.50 Å². The first-order valence-corrected chi connectivity index (χ1v) is 5.98. The SMILES string of the molecule is Oc1ccc(CNc2ccc(Cl)cc2Cl)cc1F. The minimum atomic E-state index is -0.642. The van der Waals surface area contributed by atoms with Crippen LogP contribution in [0.5, 0.6) is 5.75 Å². The molecular formula is C13H10Cl2FNO. The Balaban J connectivity index is 2.09. The van der Waals surface area contributed by atoms with Gasteiger partial charge in [-0.05, 0) is 35.9 Å². The molecule has 0 radical (unpaired) electrons. The number of rotatable bonds is 3. The summed E-state index contributed by atoms with van der Waals surface area (Å²) >= 11 is 11.8. The van der Waals surface area contributed by atoms with Crippen molar-refractivity contribution >= 4 is 28.9 Å². The highest BCUT2D eigenvalue weighted by atomic mass is 35.5. The van der Waals surface area contributed by atoms with Gasteiger partial charge in [-0.15, -0.1) is 0 Å². The van der Waals surface area contributed by atoms with Crippen molar-refractivity contribution in [3.8, 4) is 5.75 Å². The molecule has 0 unspecified atom stereocenters. The summed E-state index contributed by atoms with van der Waals surface area (Å²) in [6, 6.07) is 9.31. The predicted molar refractivity (Wildman–Crippen MR) is 71.9 cm³/mol. The van der Waals surface area contributed by atoms with E-state index in [0.717, 1.165) is 5.69 Å². The van der Waals surface area contributed by atoms with Gasteiger partial charge >= 0.3 is 0 Å². The summed E-state index contributed by atoms with van der Waals surface area (Å²) in [6.45, 7) is 0.401. The first-order chi connectivity index (χ1) is 8.56. The van der Waals surface area contributed by atoms with Crippen LogP contribution < -0.4 is 5.32 Å². The average Bonchev–Trinajstić information content (AvgIpc) is 2.32. The number of anilines is 1. The first-order valence-electron chi connectivity index (χ1n) is 5.22. The fourth-order valence-corrected chi connectivity index (χ4v) is 1.97. The van der Waals surface area contributed by atoms with Crippen molar-refractivity contribution in [1.29, 1.82) is 0 Å². The zero-order valence-corrected chi connectivity index (χ0v) is 10.8. The van der Waals surface area contributed by atoms with Gasteiger partial charge in [-0.25, -0.2) is 4.39 Å². The molecule has 2 aromatic rings. The lowest BCUT2D eigenvalue weighted by atomic mass is 10.2. The van der Waals surface area contributed by atoms with Gasteiger partial charge in [0.15, 0.2) is 11.6 Å². The van der Waals surface area contributed by atoms with Gasteiger partial charge in [0.05, 0.1) is 10.7 Å². The Morgan fingerprint density at radius 2 is 1.89 bits per heavy atom.